The molecule has 0 aliphatic carbocycles. The number of fused-ring (bicyclic) bond motifs is 1. The van der Waals surface area contributed by atoms with Crippen LogP contribution in [0.4, 0.5) is 0 Å². The molecule has 0 aliphatic rings. The Hall–Kier alpha value is -2.20. The zero-order chi connectivity index (χ0) is 13.4. The number of nitrogens with zero attached hydrogens (tertiary/aromatic N) is 3. The normalized spacial score (nSPS) is 11.1. The van der Waals surface area contributed by atoms with Crippen LogP contribution in [0.5, 0.6) is 0 Å². The molecule has 0 atom stereocenters. The van der Waals surface area contributed by atoms with Crippen LogP contribution in [0, 0.1) is 13.8 Å². The van der Waals surface area contributed by atoms with Gasteiger partial charge in [0, 0.05) is 12.1 Å². The summed E-state index contributed by atoms with van der Waals surface area (Å²) in [5.74, 6) is 0. The van der Waals surface area contributed by atoms with Gasteiger partial charge >= 0.3 is 0 Å². The molecule has 0 saturated carbocycles. The third-order valence-electron chi connectivity index (χ3n) is 3.30. The third-order valence-corrected chi connectivity index (χ3v) is 3.30. The first-order valence-corrected chi connectivity index (χ1v) is 6.30. The minimum absolute atomic E-state index is 0.435. The largest absolute Gasteiger partial charge is 0.325 e. The minimum Gasteiger partial charge on any atom is -0.325 e. The van der Waals surface area contributed by atoms with Gasteiger partial charge in [-0.05, 0) is 31.5 Å². The molecule has 1 aromatic carbocycles. The summed E-state index contributed by atoms with van der Waals surface area (Å²) in [6.45, 7) is 4.63. The van der Waals surface area contributed by atoms with Crippen LogP contribution >= 0.6 is 0 Å². The van der Waals surface area contributed by atoms with Gasteiger partial charge in [-0.2, -0.15) is 5.10 Å². The molecule has 0 aliphatic heterocycles. The van der Waals surface area contributed by atoms with Gasteiger partial charge < -0.3 is 5.73 Å². The van der Waals surface area contributed by atoms with E-state index in [4.69, 9.17) is 5.73 Å². The van der Waals surface area contributed by atoms with Gasteiger partial charge in [0.2, 0.25) is 0 Å². The standard InChI is InChI=1S/C15H16N4/c1-10-3-4-13(11(2)7-10)14-5-6-15-17-9-12(8-16)19(15)18-14/h3-7,9H,8,16H2,1-2H3. The number of benzene rings is 1. The van der Waals surface area contributed by atoms with E-state index in [0.717, 1.165) is 22.6 Å². The Morgan fingerprint density at radius 2 is 2.00 bits per heavy atom. The summed E-state index contributed by atoms with van der Waals surface area (Å²) in [6.07, 6.45) is 1.77. The molecule has 0 bridgehead atoms. The predicted molar refractivity (Wildman–Crippen MR) is 75.8 cm³/mol. The van der Waals surface area contributed by atoms with Gasteiger partial charge in [-0.15, -0.1) is 0 Å². The van der Waals surface area contributed by atoms with E-state index in [1.807, 2.05) is 16.6 Å². The number of aryl methyl sites for hydroxylation is 2. The fraction of sp³-hybridized carbons (Fsp3) is 0.200. The van der Waals surface area contributed by atoms with Crippen LogP contribution in [0.15, 0.2) is 36.5 Å². The Balaban J connectivity index is 2.19. The second-order valence-corrected chi connectivity index (χ2v) is 4.76. The molecule has 0 amide bonds. The number of nitrogens with two attached hydrogens (primary N) is 1. The first-order chi connectivity index (χ1) is 9.19. The fourth-order valence-corrected chi connectivity index (χ4v) is 2.30. The monoisotopic (exact) mass is 252 g/mol. The summed E-state index contributed by atoms with van der Waals surface area (Å²) >= 11 is 0. The second kappa shape index (κ2) is 4.48. The first kappa shape index (κ1) is 11.9. The van der Waals surface area contributed by atoms with Gasteiger partial charge in [0.05, 0.1) is 17.6 Å². The Morgan fingerprint density at radius 1 is 1.16 bits per heavy atom. The van der Waals surface area contributed by atoms with Crippen molar-refractivity contribution in [3.8, 4) is 11.3 Å². The second-order valence-electron chi connectivity index (χ2n) is 4.76. The summed E-state index contributed by atoms with van der Waals surface area (Å²) in [7, 11) is 0. The zero-order valence-corrected chi connectivity index (χ0v) is 11.1. The maximum atomic E-state index is 5.70. The predicted octanol–water partition coefficient (Wildman–Crippen LogP) is 2.47. The number of hydrogen-bond donors (Lipinski definition) is 1. The van der Waals surface area contributed by atoms with E-state index >= 15 is 0 Å². The molecule has 2 aromatic heterocycles. The van der Waals surface area contributed by atoms with Crippen molar-refractivity contribution < 1.29 is 0 Å². The lowest BCUT2D eigenvalue weighted by molar-refractivity contribution is 0.849. The molecule has 3 rings (SSSR count). The van der Waals surface area contributed by atoms with Crippen molar-refractivity contribution in [2.45, 2.75) is 20.4 Å². The van der Waals surface area contributed by atoms with Crippen molar-refractivity contribution in [3.05, 3.63) is 53.3 Å². The van der Waals surface area contributed by atoms with Crippen LogP contribution in [0.1, 0.15) is 16.8 Å². The highest BCUT2D eigenvalue weighted by atomic mass is 15.3. The van der Waals surface area contributed by atoms with Crippen molar-refractivity contribution >= 4 is 5.65 Å². The van der Waals surface area contributed by atoms with E-state index in [1.165, 1.54) is 11.1 Å². The lowest BCUT2D eigenvalue weighted by atomic mass is 10.0. The van der Waals surface area contributed by atoms with E-state index in [0.29, 0.717) is 6.54 Å². The molecule has 2 heterocycles. The van der Waals surface area contributed by atoms with Crippen LogP contribution < -0.4 is 5.73 Å². The van der Waals surface area contributed by atoms with Crippen LogP contribution in [-0.4, -0.2) is 14.6 Å². The highest BCUT2D eigenvalue weighted by Crippen LogP contribution is 2.22. The fourth-order valence-electron chi connectivity index (χ4n) is 2.30. The summed E-state index contributed by atoms with van der Waals surface area (Å²) < 4.78 is 1.81. The molecule has 2 N–H and O–H groups in total. The van der Waals surface area contributed by atoms with Crippen LogP contribution in [0.25, 0.3) is 16.9 Å². The van der Waals surface area contributed by atoms with Crippen LogP contribution in [-0.2, 0) is 6.54 Å². The van der Waals surface area contributed by atoms with Gasteiger partial charge in [0.1, 0.15) is 0 Å². The molecule has 4 nitrogen and oxygen atoms in total. The summed E-state index contributed by atoms with van der Waals surface area (Å²) in [5, 5.41) is 4.64. The summed E-state index contributed by atoms with van der Waals surface area (Å²) in [5.41, 5.74) is 12.0. The number of rotatable bonds is 2. The third kappa shape index (κ3) is 2.00. The zero-order valence-electron chi connectivity index (χ0n) is 11.1. The maximum Gasteiger partial charge on any atom is 0.153 e. The van der Waals surface area contributed by atoms with E-state index in [9.17, 15) is 0 Å². The molecule has 0 saturated heterocycles. The highest BCUT2D eigenvalue weighted by molar-refractivity contribution is 5.64. The molecule has 0 fully saturated rings. The molecular weight excluding hydrogens is 236 g/mol. The van der Waals surface area contributed by atoms with E-state index in [-0.39, 0.29) is 0 Å². The Morgan fingerprint density at radius 3 is 2.74 bits per heavy atom. The van der Waals surface area contributed by atoms with Gasteiger partial charge in [0.15, 0.2) is 5.65 Å². The molecule has 4 heteroatoms. The quantitative estimate of drug-likeness (QED) is 0.762. The molecule has 0 radical (unpaired) electrons. The SMILES string of the molecule is Cc1ccc(-c2ccc3ncc(CN)n3n2)c(C)c1. The lowest BCUT2D eigenvalue weighted by Gasteiger charge is -2.07. The van der Waals surface area contributed by atoms with Crippen molar-refractivity contribution in [2.24, 2.45) is 5.73 Å². The molecule has 0 spiro atoms. The summed E-state index contributed by atoms with van der Waals surface area (Å²) in [4.78, 5) is 4.28. The van der Waals surface area contributed by atoms with Gasteiger partial charge in [-0.1, -0.05) is 23.8 Å². The number of hydrogen-bond acceptors (Lipinski definition) is 3. The van der Waals surface area contributed by atoms with E-state index in [2.05, 4.69) is 42.1 Å². The Labute approximate surface area is 111 Å². The van der Waals surface area contributed by atoms with Crippen LogP contribution in [0.2, 0.25) is 0 Å². The molecule has 19 heavy (non-hydrogen) atoms. The smallest absolute Gasteiger partial charge is 0.153 e. The maximum absolute atomic E-state index is 5.70. The summed E-state index contributed by atoms with van der Waals surface area (Å²) in [6, 6.07) is 10.4. The van der Waals surface area contributed by atoms with Gasteiger partial charge in [0.25, 0.3) is 0 Å². The first-order valence-electron chi connectivity index (χ1n) is 6.30. The number of imidazole rings is 1. The minimum atomic E-state index is 0.435. The van der Waals surface area contributed by atoms with Crippen molar-refractivity contribution in [3.63, 3.8) is 0 Å². The average molecular weight is 252 g/mol. The Kier molecular flexibility index (Phi) is 2.80. The van der Waals surface area contributed by atoms with Crippen LogP contribution in [0.3, 0.4) is 0 Å². The highest BCUT2D eigenvalue weighted by Gasteiger charge is 2.07. The molecular formula is C15H16N4. The molecule has 3 aromatic rings. The van der Waals surface area contributed by atoms with Crippen molar-refractivity contribution in [2.75, 3.05) is 0 Å². The van der Waals surface area contributed by atoms with Gasteiger partial charge in [-0.3, -0.25) is 0 Å². The van der Waals surface area contributed by atoms with E-state index in [1.54, 1.807) is 6.20 Å². The van der Waals surface area contributed by atoms with Gasteiger partial charge in [-0.25, -0.2) is 9.50 Å². The van der Waals surface area contributed by atoms with Crippen molar-refractivity contribution in [1.29, 1.82) is 0 Å². The average Bonchev–Trinajstić information content (AvgIpc) is 2.80. The lowest BCUT2D eigenvalue weighted by Crippen LogP contribution is -2.04. The molecule has 0 unspecified atom stereocenters. The topological polar surface area (TPSA) is 56.2 Å². The molecule has 96 valence electrons. The number of aromatic nitrogens is 3. The van der Waals surface area contributed by atoms with E-state index < -0.39 is 0 Å². The Bertz CT molecular complexity index is 743. The van der Waals surface area contributed by atoms with Crippen molar-refractivity contribution in [1.82, 2.24) is 14.6 Å².